The Morgan fingerprint density at radius 1 is 1.12 bits per heavy atom. The number of carbonyl (C=O) groups excluding carboxylic acids is 1. The molecule has 25 heavy (non-hydrogen) atoms. The van der Waals surface area contributed by atoms with Gasteiger partial charge in [0.05, 0.1) is 20.8 Å². The number of benzene rings is 2. The van der Waals surface area contributed by atoms with E-state index >= 15 is 0 Å². The summed E-state index contributed by atoms with van der Waals surface area (Å²) in [7, 11) is 3.18. The topological polar surface area (TPSA) is 68.8 Å². The van der Waals surface area contributed by atoms with Crippen LogP contribution in [-0.2, 0) is 6.54 Å². The Bertz CT molecular complexity index is 748. The highest BCUT2D eigenvalue weighted by molar-refractivity contribution is 5.74. The molecule has 1 aliphatic heterocycles. The first-order valence-corrected chi connectivity index (χ1v) is 8.15. The molecular formula is C19H22N2O4. The van der Waals surface area contributed by atoms with Gasteiger partial charge in [-0.1, -0.05) is 24.3 Å². The van der Waals surface area contributed by atoms with E-state index in [0.29, 0.717) is 31.2 Å². The van der Waals surface area contributed by atoms with Crippen molar-refractivity contribution in [3.8, 4) is 17.2 Å². The van der Waals surface area contributed by atoms with Crippen LogP contribution in [0.3, 0.4) is 0 Å². The van der Waals surface area contributed by atoms with Crippen molar-refractivity contribution < 1.29 is 19.0 Å². The van der Waals surface area contributed by atoms with Crippen molar-refractivity contribution in [2.75, 3.05) is 27.4 Å². The Morgan fingerprint density at radius 3 is 2.72 bits per heavy atom. The van der Waals surface area contributed by atoms with Crippen molar-refractivity contribution in [3.05, 3.63) is 53.6 Å². The molecule has 0 bridgehead atoms. The summed E-state index contributed by atoms with van der Waals surface area (Å²) in [5.41, 5.74) is 2.07. The Labute approximate surface area is 147 Å². The van der Waals surface area contributed by atoms with Crippen LogP contribution in [0.25, 0.3) is 0 Å². The van der Waals surface area contributed by atoms with Crippen LogP contribution in [0, 0.1) is 0 Å². The van der Waals surface area contributed by atoms with Gasteiger partial charge in [-0.15, -0.1) is 0 Å². The summed E-state index contributed by atoms with van der Waals surface area (Å²) in [6, 6.07) is 13.3. The van der Waals surface area contributed by atoms with E-state index in [1.165, 1.54) is 0 Å². The molecule has 0 aliphatic carbocycles. The number of carbonyl (C=O) groups is 1. The Morgan fingerprint density at radius 2 is 1.92 bits per heavy atom. The van der Waals surface area contributed by atoms with Crippen LogP contribution in [-0.4, -0.2) is 33.4 Å². The second kappa shape index (κ2) is 7.79. The summed E-state index contributed by atoms with van der Waals surface area (Å²) in [6.07, 6.45) is 0. The van der Waals surface area contributed by atoms with Gasteiger partial charge in [-0.25, -0.2) is 4.79 Å². The van der Waals surface area contributed by atoms with Crippen LogP contribution in [0.4, 0.5) is 4.79 Å². The Balaban J connectivity index is 1.49. The number of hydrogen-bond donors (Lipinski definition) is 2. The third-order valence-electron chi connectivity index (χ3n) is 4.21. The maximum absolute atomic E-state index is 12.0. The monoisotopic (exact) mass is 342 g/mol. The number of ether oxygens (including phenoxy) is 3. The van der Waals surface area contributed by atoms with Gasteiger partial charge in [0.2, 0.25) is 0 Å². The zero-order valence-corrected chi connectivity index (χ0v) is 14.4. The summed E-state index contributed by atoms with van der Waals surface area (Å²) < 4.78 is 16.1. The van der Waals surface area contributed by atoms with Crippen LogP contribution >= 0.6 is 0 Å². The first-order chi connectivity index (χ1) is 12.2. The van der Waals surface area contributed by atoms with Crippen molar-refractivity contribution in [2.24, 2.45) is 0 Å². The average Bonchev–Trinajstić information content (AvgIpc) is 3.07. The van der Waals surface area contributed by atoms with E-state index in [9.17, 15) is 4.79 Å². The molecule has 0 radical (unpaired) electrons. The second-order valence-electron chi connectivity index (χ2n) is 5.80. The summed E-state index contributed by atoms with van der Waals surface area (Å²) >= 11 is 0. The molecule has 0 aromatic heterocycles. The lowest BCUT2D eigenvalue weighted by Gasteiger charge is -2.13. The maximum Gasteiger partial charge on any atom is 0.315 e. The first kappa shape index (κ1) is 17.0. The van der Waals surface area contributed by atoms with Crippen molar-refractivity contribution in [3.63, 3.8) is 0 Å². The van der Waals surface area contributed by atoms with E-state index in [4.69, 9.17) is 14.2 Å². The summed E-state index contributed by atoms with van der Waals surface area (Å²) in [5.74, 6) is 2.39. The van der Waals surface area contributed by atoms with Crippen molar-refractivity contribution >= 4 is 6.03 Å². The average molecular weight is 342 g/mol. The predicted octanol–water partition coefficient (Wildman–Crippen LogP) is 2.68. The maximum atomic E-state index is 12.0. The van der Waals surface area contributed by atoms with Crippen molar-refractivity contribution in [2.45, 2.75) is 12.5 Å². The van der Waals surface area contributed by atoms with E-state index in [1.807, 2.05) is 42.5 Å². The SMILES string of the molecule is COc1ccc(CNC(=O)NC[C@H]2COc3ccccc32)cc1OC. The molecule has 132 valence electrons. The van der Waals surface area contributed by atoms with Crippen LogP contribution in [0.1, 0.15) is 17.0 Å². The van der Waals surface area contributed by atoms with E-state index in [1.54, 1.807) is 14.2 Å². The minimum absolute atomic E-state index is 0.183. The largest absolute Gasteiger partial charge is 0.493 e. The molecule has 0 saturated carbocycles. The number of urea groups is 1. The van der Waals surface area contributed by atoms with Crippen molar-refractivity contribution in [1.82, 2.24) is 10.6 Å². The first-order valence-electron chi connectivity index (χ1n) is 8.15. The zero-order chi connectivity index (χ0) is 17.6. The van der Waals surface area contributed by atoms with Gasteiger partial charge < -0.3 is 24.8 Å². The van der Waals surface area contributed by atoms with Crippen LogP contribution in [0.5, 0.6) is 17.2 Å². The molecule has 0 spiro atoms. The van der Waals surface area contributed by atoms with Gasteiger partial charge in [-0.3, -0.25) is 0 Å². The second-order valence-corrected chi connectivity index (χ2v) is 5.80. The van der Waals surface area contributed by atoms with Gasteiger partial charge in [0.25, 0.3) is 0 Å². The lowest BCUT2D eigenvalue weighted by Crippen LogP contribution is -2.37. The molecular weight excluding hydrogens is 320 g/mol. The van der Waals surface area contributed by atoms with Gasteiger partial charge in [0.1, 0.15) is 5.75 Å². The molecule has 2 N–H and O–H groups in total. The fraction of sp³-hybridized carbons (Fsp3) is 0.316. The normalized spacial score (nSPS) is 15.0. The fourth-order valence-electron chi connectivity index (χ4n) is 2.85. The number of rotatable bonds is 6. The van der Waals surface area contributed by atoms with Crippen LogP contribution in [0.2, 0.25) is 0 Å². The standard InChI is InChI=1S/C19H22N2O4/c1-23-17-8-7-13(9-18(17)24-2)10-20-19(22)21-11-14-12-25-16-6-4-3-5-15(14)16/h3-9,14H,10-12H2,1-2H3,(H2,20,21,22)/t14-/m0/s1. The van der Waals surface area contributed by atoms with Gasteiger partial charge in [0, 0.05) is 24.6 Å². The molecule has 1 aliphatic rings. The third-order valence-corrected chi connectivity index (χ3v) is 4.21. The van der Waals surface area contributed by atoms with Gasteiger partial charge >= 0.3 is 6.03 Å². The van der Waals surface area contributed by atoms with E-state index in [0.717, 1.165) is 16.9 Å². The molecule has 1 atom stereocenters. The molecule has 3 rings (SSSR count). The minimum Gasteiger partial charge on any atom is -0.493 e. The molecule has 0 fully saturated rings. The molecule has 0 saturated heterocycles. The number of para-hydroxylation sites is 1. The molecule has 1 heterocycles. The van der Waals surface area contributed by atoms with E-state index in [2.05, 4.69) is 10.6 Å². The predicted molar refractivity (Wildman–Crippen MR) is 94.5 cm³/mol. The molecule has 2 aromatic carbocycles. The van der Waals surface area contributed by atoms with E-state index < -0.39 is 0 Å². The zero-order valence-electron chi connectivity index (χ0n) is 14.4. The lowest BCUT2D eigenvalue weighted by atomic mass is 10.0. The number of hydrogen-bond acceptors (Lipinski definition) is 4. The van der Waals surface area contributed by atoms with Gasteiger partial charge in [-0.2, -0.15) is 0 Å². The Hall–Kier alpha value is -2.89. The highest BCUT2D eigenvalue weighted by atomic mass is 16.5. The summed E-state index contributed by atoms with van der Waals surface area (Å²) in [6.45, 7) is 1.54. The molecule has 6 heteroatoms. The molecule has 6 nitrogen and oxygen atoms in total. The molecule has 2 aromatic rings. The minimum atomic E-state index is -0.209. The molecule has 0 unspecified atom stereocenters. The Kier molecular flexibility index (Phi) is 5.28. The quantitative estimate of drug-likeness (QED) is 0.847. The summed E-state index contributed by atoms with van der Waals surface area (Å²) in [4.78, 5) is 12.0. The number of nitrogens with one attached hydrogen (secondary N) is 2. The molecule has 2 amide bonds. The highest BCUT2D eigenvalue weighted by Gasteiger charge is 2.23. The highest BCUT2D eigenvalue weighted by Crippen LogP contribution is 2.32. The number of amides is 2. The van der Waals surface area contributed by atoms with Crippen molar-refractivity contribution in [1.29, 1.82) is 0 Å². The third kappa shape index (κ3) is 3.96. The number of fused-ring (bicyclic) bond motifs is 1. The van der Waals surface area contributed by atoms with Crippen LogP contribution < -0.4 is 24.8 Å². The fourth-order valence-corrected chi connectivity index (χ4v) is 2.85. The van der Waals surface area contributed by atoms with Gasteiger partial charge in [-0.05, 0) is 23.8 Å². The van der Waals surface area contributed by atoms with E-state index in [-0.39, 0.29) is 11.9 Å². The van der Waals surface area contributed by atoms with Crippen LogP contribution in [0.15, 0.2) is 42.5 Å². The smallest absolute Gasteiger partial charge is 0.315 e. The lowest BCUT2D eigenvalue weighted by molar-refractivity contribution is 0.238. The number of methoxy groups -OCH3 is 2. The summed E-state index contributed by atoms with van der Waals surface area (Å²) in [5, 5.41) is 5.75. The van der Waals surface area contributed by atoms with Gasteiger partial charge in [0.15, 0.2) is 11.5 Å².